The minimum absolute atomic E-state index is 0.0401. The predicted molar refractivity (Wildman–Crippen MR) is 115 cm³/mol. The lowest BCUT2D eigenvalue weighted by atomic mass is 9.36. The van der Waals surface area contributed by atoms with Crippen LogP contribution in [-0.4, -0.2) is 43.0 Å². The van der Waals surface area contributed by atoms with Crippen LogP contribution in [0.4, 0.5) is 22.0 Å². The van der Waals surface area contributed by atoms with Crippen LogP contribution in [0.15, 0.2) is 42.5 Å². The molecule has 2 bridgehead atoms. The average Bonchev–Trinajstić information content (AvgIpc) is 2.78. The fraction of sp³-hybridized carbons (Fsp3) is 0.375. The molecule has 3 fully saturated rings. The van der Waals surface area contributed by atoms with Crippen LogP contribution in [0.5, 0.6) is 0 Å². The minimum Gasteiger partial charge on any atom is -0.357 e. The smallest absolute Gasteiger partial charge is 0.357 e. The highest BCUT2D eigenvalue weighted by Gasteiger charge is 2.78. The first-order valence-corrected chi connectivity index (χ1v) is 10.8. The van der Waals surface area contributed by atoms with Crippen molar-refractivity contribution in [3.8, 4) is 11.1 Å². The van der Waals surface area contributed by atoms with Crippen LogP contribution in [0.2, 0.25) is 0 Å². The Morgan fingerprint density at radius 2 is 1.69 bits per heavy atom. The maximum absolute atomic E-state index is 14.3. The van der Waals surface area contributed by atoms with Gasteiger partial charge < -0.3 is 16.0 Å². The molecule has 11 heteroatoms. The van der Waals surface area contributed by atoms with Gasteiger partial charge in [0.2, 0.25) is 12.3 Å². The molecule has 3 amide bonds. The largest absolute Gasteiger partial charge is 0.416 e. The second kappa shape index (κ2) is 8.31. The Kier molecular flexibility index (Phi) is 5.85. The Balaban J connectivity index is 1.62. The lowest BCUT2D eigenvalue weighted by Gasteiger charge is -2.71. The summed E-state index contributed by atoms with van der Waals surface area (Å²) in [5.74, 6) is -2.06. The van der Waals surface area contributed by atoms with Crippen LogP contribution in [0.1, 0.15) is 35.2 Å². The summed E-state index contributed by atoms with van der Waals surface area (Å²) in [6, 6.07) is 7.10. The predicted octanol–water partition coefficient (Wildman–Crippen LogP) is 3.36. The fourth-order valence-corrected chi connectivity index (χ4v) is 5.31. The number of hydrogen-bond acceptors (Lipinski definition) is 3. The van der Waals surface area contributed by atoms with Gasteiger partial charge in [-0.15, -0.1) is 0 Å². The van der Waals surface area contributed by atoms with E-state index in [1.807, 2.05) is 0 Å². The molecule has 2 aromatic rings. The first-order valence-electron chi connectivity index (χ1n) is 10.8. The number of amides is 3. The van der Waals surface area contributed by atoms with Gasteiger partial charge in [-0.2, -0.15) is 13.2 Å². The maximum atomic E-state index is 14.3. The number of nitrogens with one attached hydrogen (secondary N) is 3. The van der Waals surface area contributed by atoms with Crippen LogP contribution in [-0.2, 0) is 15.8 Å². The number of benzene rings is 2. The van der Waals surface area contributed by atoms with E-state index in [1.54, 1.807) is 0 Å². The number of carbonyl (C=O) groups is 3. The number of carbonyl (C=O) groups excluding carboxylic acids is 3. The third kappa shape index (κ3) is 4.02. The van der Waals surface area contributed by atoms with Crippen molar-refractivity contribution in [2.24, 2.45) is 5.41 Å². The third-order valence-electron chi connectivity index (χ3n) is 7.05. The van der Waals surface area contributed by atoms with E-state index in [2.05, 4.69) is 16.0 Å². The highest BCUT2D eigenvalue weighted by atomic mass is 19.4. The van der Waals surface area contributed by atoms with E-state index in [9.17, 15) is 36.3 Å². The van der Waals surface area contributed by atoms with Gasteiger partial charge in [0.1, 0.15) is 17.0 Å². The molecule has 3 N–H and O–H groups in total. The first-order chi connectivity index (χ1) is 16.4. The Morgan fingerprint density at radius 3 is 2.20 bits per heavy atom. The molecule has 2 aromatic carbocycles. The Hall–Kier alpha value is -3.50. The quantitative estimate of drug-likeness (QED) is 0.388. The van der Waals surface area contributed by atoms with E-state index in [0.29, 0.717) is 6.41 Å². The summed E-state index contributed by atoms with van der Waals surface area (Å²) in [4.78, 5) is 37.3. The number of hydrogen-bond donors (Lipinski definition) is 3. The molecule has 1 unspecified atom stereocenters. The normalized spacial score (nSPS) is 24.3. The molecular formula is C24H22F5N3O3. The summed E-state index contributed by atoms with van der Waals surface area (Å²) in [6.45, 7) is -0.371. The van der Waals surface area contributed by atoms with Crippen LogP contribution in [0.25, 0.3) is 11.1 Å². The summed E-state index contributed by atoms with van der Waals surface area (Å²) in [5, 5.41) is 7.51. The molecule has 0 heterocycles. The molecular weight excluding hydrogens is 473 g/mol. The monoisotopic (exact) mass is 495 g/mol. The molecule has 186 valence electrons. The van der Waals surface area contributed by atoms with E-state index < -0.39 is 46.0 Å². The van der Waals surface area contributed by atoms with Gasteiger partial charge in [0, 0.05) is 18.0 Å². The molecule has 0 saturated heterocycles. The zero-order valence-electron chi connectivity index (χ0n) is 18.6. The van der Waals surface area contributed by atoms with Crippen molar-refractivity contribution in [2.75, 3.05) is 13.6 Å². The molecule has 6 nitrogen and oxygen atoms in total. The van der Waals surface area contributed by atoms with Gasteiger partial charge in [-0.3, -0.25) is 14.4 Å². The SMILES string of the molecule is CNC(=O)C(CNC(=O)c1ccc(F)cc1-c1ccc(C(F)(F)F)cc1)(NC=O)C12CC(F)(C1)C2. The summed E-state index contributed by atoms with van der Waals surface area (Å²) in [7, 11) is 1.35. The first kappa shape index (κ1) is 24.6. The molecule has 3 aliphatic rings. The zero-order valence-corrected chi connectivity index (χ0v) is 18.6. The van der Waals surface area contributed by atoms with E-state index >= 15 is 0 Å². The van der Waals surface area contributed by atoms with Gasteiger partial charge in [-0.25, -0.2) is 8.78 Å². The van der Waals surface area contributed by atoms with Crippen molar-refractivity contribution in [3.63, 3.8) is 0 Å². The summed E-state index contributed by atoms with van der Waals surface area (Å²) >= 11 is 0. The van der Waals surface area contributed by atoms with E-state index in [-0.39, 0.29) is 42.5 Å². The molecule has 35 heavy (non-hydrogen) atoms. The minimum atomic E-state index is -4.56. The molecule has 5 rings (SSSR count). The molecule has 1 atom stereocenters. The Labute approximate surface area is 197 Å². The molecule has 0 aliphatic heterocycles. The Morgan fingerprint density at radius 1 is 1.06 bits per heavy atom. The number of rotatable bonds is 8. The number of likely N-dealkylation sites (N-methyl/N-ethyl adjacent to an activating group) is 1. The Bertz CT molecular complexity index is 1160. The van der Waals surface area contributed by atoms with Crippen molar-refractivity contribution in [1.29, 1.82) is 0 Å². The van der Waals surface area contributed by atoms with Crippen molar-refractivity contribution in [2.45, 2.75) is 36.6 Å². The highest BCUT2D eigenvalue weighted by Crippen LogP contribution is 2.73. The second-order valence-electron chi connectivity index (χ2n) is 9.16. The van der Waals surface area contributed by atoms with Crippen molar-refractivity contribution >= 4 is 18.2 Å². The number of halogens is 5. The van der Waals surface area contributed by atoms with Crippen molar-refractivity contribution in [3.05, 3.63) is 59.4 Å². The topological polar surface area (TPSA) is 87.3 Å². The summed E-state index contributed by atoms with van der Waals surface area (Å²) < 4.78 is 67.0. The van der Waals surface area contributed by atoms with Gasteiger partial charge in [0.15, 0.2) is 0 Å². The van der Waals surface area contributed by atoms with Gasteiger partial charge in [0.25, 0.3) is 5.91 Å². The van der Waals surface area contributed by atoms with E-state index in [4.69, 9.17) is 0 Å². The molecule has 0 radical (unpaired) electrons. The standard InChI is InChI=1S/C24H22F5N3O3/c1-30-20(35)23(32-13-33,21-9-22(26,10-21)11-21)12-31-19(34)17-7-6-16(25)8-18(17)14-2-4-15(5-3-14)24(27,28)29/h2-8,13H,9-12H2,1H3,(H,30,35)(H,31,34)(H,32,33). The van der Waals surface area contributed by atoms with Gasteiger partial charge in [-0.1, -0.05) is 12.1 Å². The molecule has 3 saturated carbocycles. The lowest BCUT2D eigenvalue weighted by molar-refractivity contribution is -0.249. The molecule has 3 aliphatic carbocycles. The summed E-state index contributed by atoms with van der Waals surface area (Å²) in [5.41, 5.74) is -4.61. The van der Waals surface area contributed by atoms with Gasteiger partial charge in [0.05, 0.1) is 12.1 Å². The van der Waals surface area contributed by atoms with Gasteiger partial charge in [-0.05, 0) is 60.7 Å². The lowest BCUT2D eigenvalue weighted by Crippen LogP contribution is -2.82. The third-order valence-corrected chi connectivity index (χ3v) is 7.05. The van der Waals surface area contributed by atoms with E-state index in [0.717, 1.165) is 36.4 Å². The maximum Gasteiger partial charge on any atom is 0.416 e. The van der Waals surface area contributed by atoms with Crippen LogP contribution in [0, 0.1) is 11.2 Å². The highest BCUT2D eigenvalue weighted by molar-refractivity contribution is 6.01. The number of alkyl halides is 4. The van der Waals surface area contributed by atoms with Crippen LogP contribution < -0.4 is 16.0 Å². The zero-order chi connectivity index (χ0) is 25.6. The molecule has 0 spiro atoms. The van der Waals surface area contributed by atoms with E-state index in [1.165, 1.54) is 13.1 Å². The summed E-state index contributed by atoms with van der Waals surface area (Å²) in [6.07, 6.45) is -4.08. The van der Waals surface area contributed by atoms with Crippen molar-refractivity contribution < 1.29 is 36.3 Å². The molecule has 0 aromatic heterocycles. The van der Waals surface area contributed by atoms with Crippen LogP contribution in [0.3, 0.4) is 0 Å². The van der Waals surface area contributed by atoms with Crippen molar-refractivity contribution in [1.82, 2.24) is 16.0 Å². The van der Waals surface area contributed by atoms with Gasteiger partial charge >= 0.3 is 6.18 Å². The average molecular weight is 495 g/mol. The fourth-order valence-electron chi connectivity index (χ4n) is 5.31. The second-order valence-corrected chi connectivity index (χ2v) is 9.16. The van der Waals surface area contributed by atoms with Crippen LogP contribution >= 0.6 is 0 Å².